The Morgan fingerprint density at radius 3 is 2.38 bits per heavy atom. The molecule has 2 rings (SSSR count). The number of likely N-dealkylation sites (tertiary alicyclic amines) is 1. The van der Waals surface area contributed by atoms with Gasteiger partial charge in [0.15, 0.2) is 0 Å². The Kier molecular flexibility index (Phi) is 5.30. The van der Waals surface area contributed by atoms with Gasteiger partial charge in [-0.3, -0.25) is 0 Å². The highest BCUT2D eigenvalue weighted by molar-refractivity contribution is 4.96. The van der Waals surface area contributed by atoms with E-state index in [9.17, 15) is 0 Å². The zero-order valence-corrected chi connectivity index (χ0v) is 12.1. The van der Waals surface area contributed by atoms with Gasteiger partial charge in [-0.25, -0.2) is 0 Å². The van der Waals surface area contributed by atoms with Crippen molar-refractivity contribution >= 4 is 0 Å². The summed E-state index contributed by atoms with van der Waals surface area (Å²) in [6.45, 7) is 13.8. The monoisotopic (exact) mass is 225 g/mol. The van der Waals surface area contributed by atoms with Gasteiger partial charge in [0.2, 0.25) is 0 Å². The smallest absolute Gasteiger partial charge is 0.00413 e. The molecule has 0 amide bonds. The lowest BCUT2D eigenvalue weighted by Crippen LogP contribution is -2.31. The van der Waals surface area contributed by atoms with E-state index in [1.165, 1.54) is 45.2 Å². The van der Waals surface area contributed by atoms with Crippen molar-refractivity contribution in [3.05, 3.63) is 0 Å². The van der Waals surface area contributed by atoms with E-state index < -0.39 is 0 Å². The number of hydrogen-bond donors (Lipinski definition) is 0. The minimum atomic E-state index is 0.741. The summed E-state index contributed by atoms with van der Waals surface area (Å²) in [6, 6.07) is 0.759. The predicted octanol–water partition coefficient (Wildman–Crippen LogP) is 4.32. The van der Waals surface area contributed by atoms with Crippen LogP contribution in [0.1, 0.15) is 66.7 Å². The molecule has 1 saturated carbocycles. The van der Waals surface area contributed by atoms with Crippen molar-refractivity contribution < 1.29 is 0 Å². The van der Waals surface area contributed by atoms with E-state index in [0.717, 1.165) is 17.4 Å². The Bertz CT molecular complexity index is 200. The molecule has 1 aliphatic heterocycles. The maximum Gasteiger partial charge on any atom is 0.00413 e. The van der Waals surface area contributed by atoms with Crippen LogP contribution >= 0.6 is 0 Å². The number of nitrogens with zero attached hydrogens (tertiary/aromatic N) is 1. The Balaban J connectivity index is 0.000000606. The average molecular weight is 225 g/mol. The molecule has 1 heteroatoms. The van der Waals surface area contributed by atoms with Crippen LogP contribution < -0.4 is 0 Å². The molecule has 0 radical (unpaired) electrons. The molecule has 96 valence electrons. The molecule has 1 saturated heterocycles. The molecule has 2 fully saturated rings. The Hall–Kier alpha value is -0.0400. The minimum absolute atomic E-state index is 0.741. The molecule has 16 heavy (non-hydrogen) atoms. The maximum absolute atomic E-state index is 2.68. The summed E-state index contributed by atoms with van der Waals surface area (Å²) in [5, 5.41) is 0. The van der Waals surface area contributed by atoms with E-state index in [0.29, 0.717) is 0 Å². The van der Waals surface area contributed by atoms with E-state index in [1.54, 1.807) is 0 Å². The Morgan fingerprint density at radius 1 is 1.25 bits per heavy atom. The van der Waals surface area contributed by atoms with E-state index >= 15 is 0 Å². The van der Waals surface area contributed by atoms with E-state index in [1.807, 2.05) is 13.8 Å². The summed E-state index contributed by atoms with van der Waals surface area (Å²) >= 11 is 0. The van der Waals surface area contributed by atoms with Gasteiger partial charge in [0, 0.05) is 12.6 Å². The maximum atomic E-state index is 2.68. The van der Waals surface area contributed by atoms with E-state index in [-0.39, 0.29) is 0 Å². The van der Waals surface area contributed by atoms with Crippen molar-refractivity contribution in [2.45, 2.75) is 72.8 Å². The van der Waals surface area contributed by atoms with Crippen LogP contribution in [0.25, 0.3) is 0 Å². The lowest BCUT2D eigenvalue weighted by Gasteiger charge is -2.26. The fourth-order valence-electron chi connectivity index (χ4n) is 3.46. The number of hydrogen-bond acceptors (Lipinski definition) is 1. The highest BCUT2D eigenvalue weighted by Crippen LogP contribution is 2.49. The summed E-state index contributed by atoms with van der Waals surface area (Å²) in [4.78, 5) is 2.68. The second kappa shape index (κ2) is 6.05. The van der Waals surface area contributed by atoms with Crippen LogP contribution in [0.3, 0.4) is 0 Å². The van der Waals surface area contributed by atoms with Gasteiger partial charge in [0.05, 0.1) is 0 Å². The molecule has 1 nitrogen and oxygen atoms in total. The summed E-state index contributed by atoms with van der Waals surface area (Å²) in [7, 11) is 0. The van der Waals surface area contributed by atoms with Crippen LogP contribution in [0.15, 0.2) is 0 Å². The first-order chi connectivity index (χ1) is 7.65. The van der Waals surface area contributed by atoms with E-state index in [2.05, 4.69) is 25.7 Å². The van der Waals surface area contributed by atoms with Crippen molar-refractivity contribution in [2.75, 3.05) is 13.1 Å². The molecule has 0 aromatic rings. The molecule has 1 heterocycles. The largest absolute Gasteiger partial charge is 0.300 e. The summed E-state index contributed by atoms with van der Waals surface area (Å²) in [5.41, 5.74) is 0.741. The lowest BCUT2D eigenvalue weighted by molar-refractivity contribution is 0.220. The van der Waals surface area contributed by atoms with Gasteiger partial charge < -0.3 is 4.90 Å². The van der Waals surface area contributed by atoms with Gasteiger partial charge >= 0.3 is 0 Å². The fraction of sp³-hybridized carbons (Fsp3) is 1.00. The first-order valence-electron chi connectivity index (χ1n) is 7.39. The molecule has 1 spiro atoms. The lowest BCUT2D eigenvalue weighted by atomic mass is 9.84. The molecule has 0 N–H and O–H groups in total. The van der Waals surface area contributed by atoms with Crippen molar-refractivity contribution in [2.24, 2.45) is 11.3 Å². The standard InChI is InChI=1S/C13H25N.C2H6/c1-4-12-5-6-13(9-12)7-8-14(10-13)11(2)3;1-2/h11-12H,4-10H2,1-3H3;1-2H3. The first-order valence-corrected chi connectivity index (χ1v) is 7.39. The second-order valence-electron chi connectivity index (χ2n) is 5.83. The van der Waals surface area contributed by atoms with Crippen molar-refractivity contribution in [3.63, 3.8) is 0 Å². The topological polar surface area (TPSA) is 3.24 Å². The Morgan fingerprint density at radius 2 is 1.94 bits per heavy atom. The van der Waals surface area contributed by atoms with Gasteiger partial charge in [0.25, 0.3) is 0 Å². The zero-order valence-electron chi connectivity index (χ0n) is 12.1. The summed E-state index contributed by atoms with van der Waals surface area (Å²) in [5.74, 6) is 1.04. The highest BCUT2D eigenvalue weighted by Gasteiger charge is 2.43. The van der Waals surface area contributed by atoms with Gasteiger partial charge in [-0.1, -0.05) is 27.2 Å². The minimum Gasteiger partial charge on any atom is -0.300 e. The van der Waals surface area contributed by atoms with Crippen LogP contribution in [-0.4, -0.2) is 24.0 Å². The van der Waals surface area contributed by atoms with Crippen molar-refractivity contribution in [1.82, 2.24) is 4.90 Å². The van der Waals surface area contributed by atoms with Crippen molar-refractivity contribution in [3.8, 4) is 0 Å². The van der Waals surface area contributed by atoms with E-state index in [4.69, 9.17) is 0 Å². The van der Waals surface area contributed by atoms with Gasteiger partial charge in [-0.15, -0.1) is 0 Å². The SMILES string of the molecule is CC.CCC1CCC2(CCN(C(C)C)C2)C1. The summed E-state index contributed by atoms with van der Waals surface area (Å²) < 4.78 is 0. The molecular formula is C15H31N. The molecule has 2 atom stereocenters. The molecule has 1 aliphatic carbocycles. The molecule has 0 bridgehead atoms. The first kappa shape index (κ1) is 14.0. The third-order valence-corrected chi connectivity index (χ3v) is 4.58. The van der Waals surface area contributed by atoms with Gasteiger partial charge in [0.1, 0.15) is 0 Å². The van der Waals surface area contributed by atoms with Crippen molar-refractivity contribution in [1.29, 1.82) is 0 Å². The third kappa shape index (κ3) is 3.00. The van der Waals surface area contributed by atoms with Gasteiger partial charge in [-0.05, 0) is 57.4 Å². The second-order valence-corrected chi connectivity index (χ2v) is 5.83. The summed E-state index contributed by atoms with van der Waals surface area (Å²) in [6.07, 6.45) is 7.41. The molecule has 2 aliphatic rings. The quantitative estimate of drug-likeness (QED) is 0.676. The average Bonchev–Trinajstić information content (AvgIpc) is 2.90. The normalized spacial score (nSPS) is 34.5. The molecule has 2 unspecified atom stereocenters. The molecule has 0 aromatic heterocycles. The van der Waals surface area contributed by atoms with Crippen LogP contribution in [0.5, 0.6) is 0 Å². The van der Waals surface area contributed by atoms with Crippen LogP contribution in [0, 0.1) is 11.3 Å². The number of rotatable bonds is 2. The molecule has 0 aromatic carbocycles. The van der Waals surface area contributed by atoms with Crippen LogP contribution in [-0.2, 0) is 0 Å². The Labute approximate surface area is 103 Å². The fourth-order valence-corrected chi connectivity index (χ4v) is 3.46. The predicted molar refractivity (Wildman–Crippen MR) is 72.7 cm³/mol. The van der Waals surface area contributed by atoms with Crippen LogP contribution in [0.2, 0.25) is 0 Å². The highest BCUT2D eigenvalue weighted by atomic mass is 15.2. The van der Waals surface area contributed by atoms with Crippen LogP contribution in [0.4, 0.5) is 0 Å². The zero-order chi connectivity index (χ0) is 12.2. The third-order valence-electron chi connectivity index (χ3n) is 4.58. The molecular weight excluding hydrogens is 194 g/mol. The van der Waals surface area contributed by atoms with Gasteiger partial charge in [-0.2, -0.15) is 0 Å².